The number of aliphatic hydroxyl groups is 2. The molecule has 3 atom stereocenters. The van der Waals surface area contributed by atoms with Gasteiger partial charge in [0.05, 0.1) is 25.2 Å². The zero-order chi connectivity index (χ0) is 39.6. The minimum atomic E-state index is -0.782. The summed E-state index contributed by atoms with van der Waals surface area (Å²) in [7, 11) is 0. The van der Waals surface area contributed by atoms with Crippen molar-refractivity contribution < 1.29 is 24.5 Å². The molecule has 3 N–H and O–H groups in total. The van der Waals surface area contributed by atoms with Crippen molar-refractivity contribution in [2.45, 2.75) is 277 Å². The molecule has 0 radical (unpaired) electrons. The number of esters is 1. The number of hydrogen-bond donors (Lipinski definition) is 3. The molecule has 0 heterocycles. The maximum absolute atomic E-state index is 13.1. The summed E-state index contributed by atoms with van der Waals surface area (Å²) < 4.78 is 5.88. The molecule has 0 rings (SSSR count). The summed E-state index contributed by atoms with van der Waals surface area (Å²) in [6.07, 6.45) is 45.6. The molecule has 1 amide bonds. The Labute approximate surface area is 336 Å². The van der Waals surface area contributed by atoms with Gasteiger partial charge in [-0.25, -0.2) is 0 Å². The number of carbonyl (C=O) groups excluding carboxylic acids is 2. The van der Waals surface area contributed by atoms with Crippen LogP contribution in [-0.4, -0.2) is 46.9 Å². The number of amides is 1. The van der Waals surface area contributed by atoms with Gasteiger partial charge < -0.3 is 20.3 Å². The third-order valence-electron chi connectivity index (χ3n) is 11.1. The lowest BCUT2D eigenvalue weighted by molar-refractivity contribution is -0.151. The zero-order valence-corrected chi connectivity index (χ0v) is 36.4. The van der Waals surface area contributed by atoms with Gasteiger partial charge >= 0.3 is 5.97 Å². The molecule has 3 unspecified atom stereocenters. The van der Waals surface area contributed by atoms with E-state index in [-0.39, 0.29) is 24.9 Å². The summed E-state index contributed by atoms with van der Waals surface area (Å²) in [5.74, 6) is -0.485. The molecule has 54 heavy (non-hydrogen) atoms. The van der Waals surface area contributed by atoms with E-state index in [1.54, 1.807) is 0 Å². The van der Waals surface area contributed by atoms with Crippen molar-refractivity contribution >= 4 is 11.9 Å². The predicted molar refractivity (Wildman–Crippen MR) is 232 cm³/mol. The quantitative estimate of drug-likeness (QED) is 0.0326. The van der Waals surface area contributed by atoms with Crippen LogP contribution in [0, 0.1) is 0 Å². The average Bonchev–Trinajstić information content (AvgIpc) is 3.16. The zero-order valence-electron chi connectivity index (χ0n) is 36.4. The number of ether oxygens (including phenoxy) is 1. The Hall–Kier alpha value is -1.40. The van der Waals surface area contributed by atoms with E-state index >= 15 is 0 Å². The molecule has 0 aliphatic heterocycles. The van der Waals surface area contributed by atoms with E-state index in [0.717, 1.165) is 51.4 Å². The summed E-state index contributed by atoms with van der Waals surface area (Å²) in [5, 5.41) is 23.7. The van der Waals surface area contributed by atoms with E-state index in [4.69, 9.17) is 4.74 Å². The van der Waals surface area contributed by atoms with Crippen molar-refractivity contribution in [1.82, 2.24) is 5.32 Å². The van der Waals surface area contributed by atoms with Crippen LogP contribution in [0.3, 0.4) is 0 Å². The summed E-state index contributed by atoms with van der Waals surface area (Å²) in [4.78, 5) is 25.9. The number of rotatable bonds is 43. The second-order valence-corrected chi connectivity index (χ2v) is 16.5. The van der Waals surface area contributed by atoms with Crippen LogP contribution >= 0.6 is 0 Å². The second kappa shape index (κ2) is 42.7. The molecular weight excluding hydrogens is 671 g/mol. The minimum Gasteiger partial charge on any atom is -0.462 e. The molecule has 320 valence electrons. The molecule has 0 saturated carbocycles. The van der Waals surface area contributed by atoms with E-state index < -0.39 is 18.2 Å². The van der Waals surface area contributed by atoms with Crippen LogP contribution in [0.2, 0.25) is 0 Å². The highest BCUT2D eigenvalue weighted by molar-refractivity contribution is 5.77. The van der Waals surface area contributed by atoms with Crippen molar-refractivity contribution in [3.05, 3.63) is 12.2 Å². The van der Waals surface area contributed by atoms with Gasteiger partial charge in [0.1, 0.15) is 6.10 Å². The molecule has 0 aromatic heterocycles. The number of allylic oxidation sites excluding steroid dienone is 2. The first-order chi connectivity index (χ1) is 26.5. The molecule has 0 aromatic carbocycles. The molecule has 0 spiro atoms. The maximum Gasteiger partial charge on any atom is 0.306 e. The van der Waals surface area contributed by atoms with Gasteiger partial charge in [0.2, 0.25) is 5.91 Å². The largest absolute Gasteiger partial charge is 0.462 e. The average molecular weight is 764 g/mol. The molecule has 6 nitrogen and oxygen atoms in total. The normalized spacial score (nSPS) is 13.4. The summed E-state index contributed by atoms with van der Waals surface area (Å²) in [6, 6.07) is -0.696. The minimum absolute atomic E-state index is 0.0771. The SMILES string of the molecule is CCCCCCCC/C=C\CCCCCC(=O)OC(CCCCCCCCCC)CC(=O)NC(CO)C(O)CCCCCCCCCCCCCCCC. The lowest BCUT2D eigenvalue weighted by Crippen LogP contribution is -2.46. The van der Waals surface area contributed by atoms with Gasteiger partial charge in [-0.15, -0.1) is 0 Å². The molecule has 0 aromatic rings. The Morgan fingerprint density at radius 3 is 1.31 bits per heavy atom. The highest BCUT2D eigenvalue weighted by Crippen LogP contribution is 2.18. The number of carbonyl (C=O) groups is 2. The van der Waals surface area contributed by atoms with Gasteiger partial charge in [-0.2, -0.15) is 0 Å². The Morgan fingerprint density at radius 2 is 0.889 bits per heavy atom. The van der Waals surface area contributed by atoms with Gasteiger partial charge in [-0.05, 0) is 51.4 Å². The Balaban J connectivity index is 4.45. The van der Waals surface area contributed by atoms with Gasteiger partial charge in [0.25, 0.3) is 0 Å². The molecule has 0 aliphatic rings. The number of aliphatic hydroxyl groups excluding tert-OH is 2. The first-order valence-corrected chi connectivity index (χ1v) is 23.9. The lowest BCUT2D eigenvalue weighted by Gasteiger charge is -2.24. The standard InChI is InChI=1S/C48H93NO5/c1-4-7-10-13-16-19-21-23-25-26-28-31-34-37-40-46(51)45(43-50)49-47(52)42-44(39-36-33-30-18-15-12-9-6-3)54-48(53)41-38-35-32-29-27-24-22-20-17-14-11-8-5-2/h24,27,44-46,50-51H,4-23,25-26,28-43H2,1-3H3,(H,49,52)/b27-24-. The van der Waals surface area contributed by atoms with Crippen molar-refractivity contribution in [3.8, 4) is 0 Å². The van der Waals surface area contributed by atoms with Gasteiger partial charge in [0.15, 0.2) is 0 Å². The third kappa shape index (κ3) is 37.5. The Kier molecular flexibility index (Phi) is 41.6. The van der Waals surface area contributed by atoms with Crippen molar-refractivity contribution in [3.63, 3.8) is 0 Å². The van der Waals surface area contributed by atoms with Crippen molar-refractivity contribution in [1.29, 1.82) is 0 Å². The fourth-order valence-corrected chi connectivity index (χ4v) is 7.43. The fraction of sp³-hybridized carbons (Fsp3) is 0.917. The van der Waals surface area contributed by atoms with Crippen LogP contribution < -0.4 is 5.32 Å². The topological polar surface area (TPSA) is 95.9 Å². The first-order valence-electron chi connectivity index (χ1n) is 23.9. The van der Waals surface area contributed by atoms with E-state index in [1.165, 1.54) is 161 Å². The van der Waals surface area contributed by atoms with Crippen LogP contribution in [0.4, 0.5) is 0 Å². The highest BCUT2D eigenvalue weighted by Gasteiger charge is 2.24. The second-order valence-electron chi connectivity index (χ2n) is 16.5. The van der Waals surface area contributed by atoms with E-state index in [9.17, 15) is 19.8 Å². The molecular formula is C48H93NO5. The molecule has 0 aliphatic carbocycles. The van der Waals surface area contributed by atoms with Gasteiger partial charge in [-0.1, -0.05) is 206 Å². The van der Waals surface area contributed by atoms with E-state index in [2.05, 4.69) is 38.2 Å². The van der Waals surface area contributed by atoms with Crippen LogP contribution in [0.15, 0.2) is 12.2 Å². The van der Waals surface area contributed by atoms with E-state index in [1.807, 2.05) is 0 Å². The summed E-state index contributed by atoms with van der Waals surface area (Å²) in [6.45, 7) is 6.46. The summed E-state index contributed by atoms with van der Waals surface area (Å²) in [5.41, 5.74) is 0. The molecule has 0 bridgehead atoms. The number of nitrogens with one attached hydrogen (secondary N) is 1. The Bertz CT molecular complexity index is 817. The molecule has 0 saturated heterocycles. The van der Waals surface area contributed by atoms with Crippen LogP contribution in [0.5, 0.6) is 0 Å². The number of unbranched alkanes of at least 4 members (excludes halogenated alkanes) is 29. The monoisotopic (exact) mass is 764 g/mol. The first kappa shape index (κ1) is 52.6. The van der Waals surface area contributed by atoms with Gasteiger partial charge in [-0.3, -0.25) is 9.59 Å². The van der Waals surface area contributed by atoms with Crippen molar-refractivity contribution in [2.24, 2.45) is 0 Å². The maximum atomic E-state index is 13.1. The predicted octanol–water partition coefficient (Wildman–Crippen LogP) is 13.8. The smallest absolute Gasteiger partial charge is 0.306 e. The lowest BCUT2D eigenvalue weighted by atomic mass is 10.0. The van der Waals surface area contributed by atoms with Crippen LogP contribution in [0.1, 0.15) is 258 Å². The Morgan fingerprint density at radius 1 is 0.519 bits per heavy atom. The van der Waals surface area contributed by atoms with Crippen molar-refractivity contribution in [2.75, 3.05) is 6.61 Å². The van der Waals surface area contributed by atoms with Crippen LogP contribution in [0.25, 0.3) is 0 Å². The number of hydrogen-bond acceptors (Lipinski definition) is 5. The highest BCUT2D eigenvalue weighted by atomic mass is 16.5. The summed E-state index contributed by atoms with van der Waals surface area (Å²) >= 11 is 0. The third-order valence-corrected chi connectivity index (χ3v) is 11.1. The van der Waals surface area contributed by atoms with Crippen LogP contribution in [-0.2, 0) is 14.3 Å². The molecule has 0 fully saturated rings. The molecule has 6 heteroatoms. The van der Waals surface area contributed by atoms with E-state index in [0.29, 0.717) is 19.3 Å². The van der Waals surface area contributed by atoms with Gasteiger partial charge in [0, 0.05) is 6.42 Å². The fourth-order valence-electron chi connectivity index (χ4n) is 7.43.